The summed E-state index contributed by atoms with van der Waals surface area (Å²) in [6.07, 6.45) is 0.00000672. The molecule has 0 aliphatic heterocycles. The molecule has 14 heteroatoms. The van der Waals surface area contributed by atoms with E-state index in [1.54, 1.807) is 14.0 Å². The monoisotopic (exact) mass is 544 g/mol. The highest BCUT2D eigenvalue weighted by Crippen LogP contribution is 2.13. The van der Waals surface area contributed by atoms with Gasteiger partial charge in [0.2, 0.25) is 41.1 Å². The third kappa shape index (κ3) is 10.2. The molecular weight excluding hydrogens is 503 g/mol. The smallest absolute Gasteiger partial charge is 0.247 e. The first-order valence-corrected chi connectivity index (χ1v) is 12.6. The van der Waals surface area contributed by atoms with E-state index in [2.05, 4.69) is 35.8 Å². The van der Waals surface area contributed by atoms with Gasteiger partial charge in [0.25, 0.3) is 0 Å². The Morgan fingerprint density at radius 3 is 1.57 bits per heavy atom. The number of ketones is 2. The van der Waals surface area contributed by atoms with Crippen molar-refractivity contribution in [2.24, 2.45) is 0 Å². The van der Waals surface area contributed by atoms with Crippen LogP contribution in [0.15, 0.2) is 0 Å². The topological polar surface area (TPSA) is 183 Å². The molecule has 0 saturated heterocycles. The van der Waals surface area contributed by atoms with Crippen molar-refractivity contribution in [1.82, 2.24) is 31.5 Å². The van der Waals surface area contributed by atoms with Gasteiger partial charge in [0, 0.05) is 13.5 Å². The molecule has 0 saturated carbocycles. The number of nitrogens with one attached hydrogen (secondary N) is 5. The molecule has 5 amide bonds. The zero-order chi connectivity index (χ0) is 29.2. The number of likely N-dealkylation sites (N-methyl/N-ethyl adjacent to an activating group) is 2. The average molecular weight is 545 g/mol. The fraction of sp³-hybridized carbons (Fsp3) is 0.696. The zero-order valence-electron chi connectivity index (χ0n) is 23.0. The molecule has 0 fully saturated rings. The molecule has 1 unspecified atom stereocenters. The molecule has 37 heavy (non-hydrogen) atoms. The van der Waals surface area contributed by atoms with Crippen molar-refractivity contribution in [3.05, 3.63) is 0 Å². The standard InChI is InChI=1S/C23H41N6O7P/c1-10-15(30)16(31)23(6,7)28-20(35)22(37)29(9)21(36)14(5)27-19(34)13(4)26-18(33)12(3)25-17(32)11(2)24-8/h11-14,22,24H,10,37H2,1-9H3,(H,25,32)(H,26,33)(H,27,34)(H,28,35)/t11-,12-,13-,14-,22-/m0/s1. The number of carbonyl (C=O) groups excluding carboxylic acids is 7. The molecule has 0 radical (unpaired) electrons. The fourth-order valence-corrected chi connectivity index (χ4v) is 3.14. The third-order valence-electron chi connectivity index (χ3n) is 5.67. The van der Waals surface area contributed by atoms with Gasteiger partial charge in [-0.2, -0.15) is 0 Å². The molecule has 210 valence electrons. The summed E-state index contributed by atoms with van der Waals surface area (Å²) in [5, 5.41) is 12.7. The van der Waals surface area contributed by atoms with Gasteiger partial charge in [0.05, 0.1) is 6.04 Å². The minimum Gasteiger partial charge on any atom is -0.343 e. The summed E-state index contributed by atoms with van der Waals surface area (Å²) in [7, 11) is 5.12. The molecule has 0 aromatic heterocycles. The van der Waals surface area contributed by atoms with Crippen molar-refractivity contribution in [3.63, 3.8) is 0 Å². The fourth-order valence-electron chi connectivity index (χ4n) is 2.91. The number of rotatable bonds is 14. The Morgan fingerprint density at radius 2 is 1.16 bits per heavy atom. The molecule has 0 heterocycles. The van der Waals surface area contributed by atoms with E-state index in [0.29, 0.717) is 0 Å². The van der Waals surface area contributed by atoms with Crippen LogP contribution in [0.5, 0.6) is 0 Å². The molecule has 0 aliphatic rings. The maximum atomic E-state index is 12.8. The van der Waals surface area contributed by atoms with Gasteiger partial charge in [-0.15, -0.1) is 9.24 Å². The highest BCUT2D eigenvalue weighted by molar-refractivity contribution is 7.19. The van der Waals surface area contributed by atoms with Gasteiger partial charge in [-0.1, -0.05) is 6.92 Å². The van der Waals surface area contributed by atoms with Gasteiger partial charge in [-0.05, 0) is 48.6 Å². The lowest BCUT2D eigenvalue weighted by molar-refractivity contribution is -0.143. The molecule has 13 nitrogen and oxygen atoms in total. The first kappa shape index (κ1) is 34.1. The molecule has 0 bridgehead atoms. The minimum absolute atomic E-state index is 0.00000672. The van der Waals surface area contributed by atoms with Gasteiger partial charge >= 0.3 is 0 Å². The van der Waals surface area contributed by atoms with E-state index >= 15 is 0 Å². The van der Waals surface area contributed by atoms with Crippen LogP contribution >= 0.6 is 9.24 Å². The van der Waals surface area contributed by atoms with E-state index in [-0.39, 0.29) is 12.3 Å². The lowest BCUT2D eigenvalue weighted by Crippen LogP contribution is -2.59. The van der Waals surface area contributed by atoms with Crippen LogP contribution in [0.25, 0.3) is 0 Å². The van der Waals surface area contributed by atoms with E-state index in [0.717, 1.165) is 4.90 Å². The van der Waals surface area contributed by atoms with E-state index in [1.807, 2.05) is 0 Å². The second-order valence-corrected chi connectivity index (χ2v) is 9.95. The zero-order valence-corrected chi connectivity index (χ0v) is 24.1. The molecule has 0 rings (SSSR count). The largest absolute Gasteiger partial charge is 0.343 e. The highest BCUT2D eigenvalue weighted by Gasteiger charge is 2.36. The molecule has 5 N–H and O–H groups in total. The Hall–Kier alpha value is -2.92. The van der Waals surface area contributed by atoms with E-state index in [4.69, 9.17) is 0 Å². The maximum absolute atomic E-state index is 12.8. The first-order valence-electron chi connectivity index (χ1n) is 11.9. The molecule has 0 aliphatic carbocycles. The van der Waals surface area contributed by atoms with Crippen LogP contribution in [0.3, 0.4) is 0 Å². The summed E-state index contributed by atoms with van der Waals surface area (Å²) in [6.45, 7) is 10.3. The highest BCUT2D eigenvalue weighted by atomic mass is 31.0. The van der Waals surface area contributed by atoms with Crippen molar-refractivity contribution < 1.29 is 33.6 Å². The molecule has 0 spiro atoms. The van der Waals surface area contributed by atoms with Crippen molar-refractivity contribution in [1.29, 1.82) is 0 Å². The predicted octanol–water partition coefficient (Wildman–Crippen LogP) is -1.79. The molecule has 0 aromatic carbocycles. The number of hydrogen-bond donors (Lipinski definition) is 5. The van der Waals surface area contributed by atoms with Gasteiger partial charge in [-0.25, -0.2) is 0 Å². The van der Waals surface area contributed by atoms with Gasteiger partial charge in [0.1, 0.15) is 29.4 Å². The van der Waals surface area contributed by atoms with Crippen molar-refractivity contribution in [2.45, 2.75) is 90.4 Å². The average Bonchev–Trinajstić information content (AvgIpc) is 2.84. The van der Waals surface area contributed by atoms with Crippen LogP contribution in [0.1, 0.15) is 54.9 Å². The van der Waals surface area contributed by atoms with Crippen LogP contribution in [0.2, 0.25) is 0 Å². The van der Waals surface area contributed by atoms with Crippen LogP contribution < -0.4 is 26.6 Å². The number of hydrogen-bond acceptors (Lipinski definition) is 8. The van der Waals surface area contributed by atoms with Crippen LogP contribution in [0.4, 0.5) is 0 Å². The third-order valence-corrected chi connectivity index (χ3v) is 6.42. The first-order chi connectivity index (χ1) is 16.9. The Morgan fingerprint density at radius 1 is 0.757 bits per heavy atom. The Balaban J connectivity index is 5.02. The van der Waals surface area contributed by atoms with Gasteiger partial charge in [-0.3, -0.25) is 33.6 Å². The maximum Gasteiger partial charge on any atom is 0.247 e. The van der Waals surface area contributed by atoms with E-state index in [9.17, 15) is 33.6 Å². The minimum atomic E-state index is -1.46. The van der Waals surface area contributed by atoms with Crippen molar-refractivity contribution >= 4 is 50.3 Å². The van der Waals surface area contributed by atoms with Gasteiger partial charge < -0.3 is 31.5 Å². The number of amides is 5. The Kier molecular flexibility index (Phi) is 13.6. The van der Waals surface area contributed by atoms with Crippen molar-refractivity contribution in [2.75, 3.05) is 14.1 Å². The lowest BCUT2D eigenvalue weighted by Gasteiger charge is -2.31. The lowest BCUT2D eigenvalue weighted by atomic mass is 9.94. The van der Waals surface area contributed by atoms with Crippen LogP contribution in [-0.2, 0) is 33.6 Å². The van der Waals surface area contributed by atoms with E-state index in [1.165, 1.54) is 48.6 Å². The van der Waals surface area contributed by atoms with Crippen LogP contribution in [-0.4, -0.2) is 95.6 Å². The second-order valence-electron chi connectivity index (χ2n) is 9.32. The summed E-state index contributed by atoms with van der Waals surface area (Å²) in [6, 6.07) is -3.48. The predicted molar refractivity (Wildman–Crippen MR) is 140 cm³/mol. The van der Waals surface area contributed by atoms with E-state index < -0.39 is 70.7 Å². The quantitative estimate of drug-likeness (QED) is 0.125. The SMILES string of the molecule is CCC(=O)C(=O)C(C)(C)NC(=O)[C@H](P)N(C)C(=O)[C@H](C)NC(=O)[C@H](C)NC(=O)[C@H](C)NC(=O)[C@H](C)NC. The second kappa shape index (κ2) is 14.7. The summed E-state index contributed by atoms with van der Waals surface area (Å²) >= 11 is 0. The van der Waals surface area contributed by atoms with Crippen molar-refractivity contribution in [3.8, 4) is 0 Å². The number of Topliss-reactive ketones (excluding diaryl/α,β-unsaturated/α-hetero) is 2. The summed E-state index contributed by atoms with van der Waals surface area (Å²) in [4.78, 5) is 87.2. The molecule has 6 atom stereocenters. The normalized spacial score (nSPS) is 15.2. The molecule has 0 aromatic rings. The summed E-state index contributed by atoms with van der Waals surface area (Å²) < 4.78 is 0. The summed E-state index contributed by atoms with van der Waals surface area (Å²) in [5.41, 5.74) is -1.46. The Labute approximate surface area is 220 Å². The summed E-state index contributed by atoms with van der Waals surface area (Å²) in [5.74, 6) is -5.41. The van der Waals surface area contributed by atoms with Gasteiger partial charge in [0.15, 0.2) is 0 Å². The number of carbonyl (C=O) groups is 7. The van der Waals surface area contributed by atoms with Crippen LogP contribution in [0, 0.1) is 0 Å². The Bertz CT molecular complexity index is 910. The molecular formula is C23H41N6O7P. The number of nitrogens with zero attached hydrogens (tertiary/aromatic N) is 1.